The lowest BCUT2D eigenvalue weighted by Crippen LogP contribution is -3.10. The van der Waals surface area contributed by atoms with Crippen LogP contribution in [0, 0.1) is 13.8 Å². The van der Waals surface area contributed by atoms with E-state index >= 15 is 0 Å². The Morgan fingerprint density at radius 1 is 1.17 bits per heavy atom. The van der Waals surface area contributed by atoms with Crippen LogP contribution in [0.15, 0.2) is 47.1 Å². The van der Waals surface area contributed by atoms with E-state index in [0.29, 0.717) is 30.1 Å². The average Bonchev–Trinajstić information content (AvgIpc) is 3.47. The molecule has 0 aliphatic carbocycles. The molecular formula is C22H28N5O2+. The number of carbonyl (C=O) groups is 1. The van der Waals surface area contributed by atoms with Crippen molar-refractivity contribution in [3.05, 3.63) is 65.3 Å². The van der Waals surface area contributed by atoms with Crippen LogP contribution in [0.4, 0.5) is 0 Å². The molecule has 0 spiro atoms. The Kier molecular flexibility index (Phi) is 5.76. The number of amides is 1. The molecule has 3 aromatic rings. The summed E-state index contributed by atoms with van der Waals surface area (Å²) < 4.78 is 7.15. The molecule has 1 N–H and O–H groups in total. The molecule has 3 heterocycles. The maximum Gasteiger partial charge on any atom is 0.259 e. The van der Waals surface area contributed by atoms with Gasteiger partial charge in [-0.25, -0.2) is 4.68 Å². The van der Waals surface area contributed by atoms with Crippen LogP contribution in [0.2, 0.25) is 0 Å². The van der Waals surface area contributed by atoms with Crippen LogP contribution in [0.1, 0.15) is 40.3 Å². The predicted octanol–water partition coefficient (Wildman–Crippen LogP) is 1.80. The molecule has 1 aliphatic rings. The molecule has 2 aromatic heterocycles. The van der Waals surface area contributed by atoms with Crippen LogP contribution < -0.4 is 4.90 Å². The molecule has 0 saturated carbocycles. The number of rotatable bonds is 7. The van der Waals surface area contributed by atoms with E-state index in [4.69, 9.17) is 4.52 Å². The molecule has 0 atom stereocenters. The van der Waals surface area contributed by atoms with Gasteiger partial charge in [0, 0.05) is 19.0 Å². The zero-order chi connectivity index (χ0) is 20.2. The monoisotopic (exact) mass is 394 g/mol. The Morgan fingerprint density at radius 2 is 1.93 bits per heavy atom. The number of nitrogens with one attached hydrogen (secondary N) is 1. The summed E-state index contributed by atoms with van der Waals surface area (Å²) in [4.78, 5) is 16.9. The van der Waals surface area contributed by atoms with Crippen LogP contribution in [0.25, 0.3) is 5.69 Å². The van der Waals surface area contributed by atoms with Gasteiger partial charge < -0.3 is 14.3 Å². The number of likely N-dealkylation sites (tertiary alicyclic amines) is 1. The Bertz CT molecular complexity index is 937. The topological polar surface area (TPSA) is 68.6 Å². The van der Waals surface area contributed by atoms with E-state index in [1.165, 1.54) is 25.9 Å². The van der Waals surface area contributed by atoms with Crippen molar-refractivity contribution in [3.63, 3.8) is 0 Å². The summed E-state index contributed by atoms with van der Waals surface area (Å²) in [6.07, 6.45) is 4.33. The van der Waals surface area contributed by atoms with Crippen molar-refractivity contribution in [1.29, 1.82) is 0 Å². The smallest absolute Gasteiger partial charge is 0.259 e. The molecule has 29 heavy (non-hydrogen) atoms. The highest BCUT2D eigenvalue weighted by atomic mass is 16.5. The molecule has 4 rings (SSSR count). The maximum absolute atomic E-state index is 13.4. The van der Waals surface area contributed by atoms with Crippen molar-refractivity contribution in [1.82, 2.24) is 19.8 Å². The lowest BCUT2D eigenvalue weighted by molar-refractivity contribution is -0.886. The molecule has 1 amide bonds. The minimum absolute atomic E-state index is 0.0272. The summed E-state index contributed by atoms with van der Waals surface area (Å²) in [5.41, 5.74) is 3.19. The summed E-state index contributed by atoms with van der Waals surface area (Å²) in [7, 11) is 0. The molecular weight excluding hydrogens is 366 g/mol. The number of benzene rings is 1. The average molecular weight is 394 g/mol. The molecule has 7 nitrogen and oxygen atoms in total. The number of hydrogen-bond acceptors (Lipinski definition) is 4. The lowest BCUT2D eigenvalue weighted by Gasteiger charge is -2.24. The summed E-state index contributed by atoms with van der Waals surface area (Å²) in [6.45, 7) is 8.13. The van der Waals surface area contributed by atoms with E-state index in [0.717, 1.165) is 17.9 Å². The van der Waals surface area contributed by atoms with Crippen molar-refractivity contribution >= 4 is 5.91 Å². The Balaban J connectivity index is 1.59. The number of hydrogen-bond donors (Lipinski definition) is 1. The lowest BCUT2D eigenvalue weighted by atomic mass is 10.1. The largest absolute Gasteiger partial charge is 0.361 e. The fourth-order valence-electron chi connectivity index (χ4n) is 4.06. The highest BCUT2D eigenvalue weighted by Crippen LogP contribution is 2.18. The van der Waals surface area contributed by atoms with Gasteiger partial charge in [-0.3, -0.25) is 4.79 Å². The quantitative estimate of drug-likeness (QED) is 0.664. The molecule has 1 aliphatic heterocycles. The van der Waals surface area contributed by atoms with Gasteiger partial charge in [-0.1, -0.05) is 23.4 Å². The van der Waals surface area contributed by atoms with Crippen LogP contribution in [0.3, 0.4) is 0 Å². The zero-order valence-electron chi connectivity index (χ0n) is 17.1. The third-order valence-electron chi connectivity index (χ3n) is 5.66. The first kappa shape index (κ1) is 19.4. The highest BCUT2D eigenvalue weighted by molar-refractivity contribution is 5.96. The summed E-state index contributed by atoms with van der Waals surface area (Å²) >= 11 is 0. The number of aryl methyl sites for hydroxylation is 2. The number of carbonyl (C=O) groups excluding carboxylic acids is 1. The molecule has 0 unspecified atom stereocenters. The summed E-state index contributed by atoms with van der Waals surface area (Å²) in [5, 5.41) is 8.45. The second-order valence-electron chi connectivity index (χ2n) is 7.70. The van der Waals surface area contributed by atoms with Gasteiger partial charge >= 0.3 is 0 Å². The SMILES string of the molecule is Cc1noc(C)c1C(=O)N(CC[NH+]1CCCC1)Cc1ccnn1-c1ccccc1. The summed E-state index contributed by atoms with van der Waals surface area (Å²) in [5.74, 6) is 0.545. The molecule has 1 aromatic carbocycles. The van der Waals surface area contributed by atoms with Crippen molar-refractivity contribution in [2.45, 2.75) is 33.2 Å². The van der Waals surface area contributed by atoms with E-state index in [-0.39, 0.29) is 5.91 Å². The third kappa shape index (κ3) is 4.24. The van der Waals surface area contributed by atoms with Crippen molar-refractivity contribution in [2.75, 3.05) is 26.2 Å². The molecule has 1 fully saturated rings. The van der Waals surface area contributed by atoms with E-state index in [2.05, 4.69) is 10.3 Å². The van der Waals surface area contributed by atoms with Gasteiger partial charge in [-0.05, 0) is 32.0 Å². The Hall–Kier alpha value is -2.93. The Morgan fingerprint density at radius 3 is 2.62 bits per heavy atom. The van der Waals surface area contributed by atoms with Gasteiger partial charge in [0.05, 0.1) is 49.8 Å². The van der Waals surface area contributed by atoms with E-state index in [1.807, 2.05) is 52.9 Å². The molecule has 0 bridgehead atoms. The van der Waals surface area contributed by atoms with Crippen LogP contribution in [0.5, 0.6) is 0 Å². The first-order valence-electron chi connectivity index (χ1n) is 10.3. The molecule has 7 heteroatoms. The first-order chi connectivity index (χ1) is 14.1. The van der Waals surface area contributed by atoms with E-state index in [9.17, 15) is 4.79 Å². The van der Waals surface area contributed by atoms with Crippen molar-refractivity contribution < 1.29 is 14.2 Å². The maximum atomic E-state index is 13.4. The standard InChI is InChI=1S/C22H27N5O2/c1-17-21(18(2)29-24-17)22(28)26(15-14-25-12-6-7-13-25)16-20-10-11-23-27(20)19-8-4-3-5-9-19/h3-5,8-11H,6-7,12-16H2,1-2H3/p+1. The fraction of sp³-hybridized carbons (Fsp3) is 0.409. The molecule has 152 valence electrons. The number of aromatic nitrogens is 3. The predicted molar refractivity (Wildman–Crippen MR) is 109 cm³/mol. The van der Waals surface area contributed by atoms with Crippen LogP contribution >= 0.6 is 0 Å². The fourth-order valence-corrected chi connectivity index (χ4v) is 4.06. The van der Waals surface area contributed by atoms with E-state index < -0.39 is 0 Å². The van der Waals surface area contributed by atoms with Crippen molar-refractivity contribution in [3.8, 4) is 5.69 Å². The minimum Gasteiger partial charge on any atom is -0.361 e. The number of para-hydroxylation sites is 1. The summed E-state index contributed by atoms with van der Waals surface area (Å²) in [6, 6.07) is 12.0. The second kappa shape index (κ2) is 8.61. The highest BCUT2D eigenvalue weighted by Gasteiger charge is 2.26. The van der Waals surface area contributed by atoms with Gasteiger partial charge in [0.1, 0.15) is 11.3 Å². The van der Waals surface area contributed by atoms with Gasteiger partial charge in [0.2, 0.25) is 0 Å². The molecule has 0 radical (unpaired) electrons. The van der Waals surface area contributed by atoms with Gasteiger partial charge in [0.15, 0.2) is 0 Å². The van der Waals surface area contributed by atoms with Crippen molar-refractivity contribution in [2.24, 2.45) is 0 Å². The number of quaternary nitrogens is 1. The van der Waals surface area contributed by atoms with Crippen LogP contribution in [-0.2, 0) is 6.54 Å². The van der Waals surface area contributed by atoms with Gasteiger partial charge in [-0.2, -0.15) is 5.10 Å². The molecule has 1 saturated heterocycles. The Labute approximate surface area is 170 Å². The number of nitrogens with zero attached hydrogens (tertiary/aromatic N) is 4. The van der Waals surface area contributed by atoms with E-state index in [1.54, 1.807) is 18.0 Å². The van der Waals surface area contributed by atoms with Gasteiger partial charge in [-0.15, -0.1) is 0 Å². The second-order valence-corrected chi connectivity index (χ2v) is 7.70. The minimum atomic E-state index is -0.0272. The zero-order valence-corrected chi connectivity index (χ0v) is 17.1. The van der Waals surface area contributed by atoms with Gasteiger partial charge in [0.25, 0.3) is 5.91 Å². The van der Waals surface area contributed by atoms with Crippen LogP contribution in [-0.4, -0.2) is 51.9 Å². The third-order valence-corrected chi connectivity index (χ3v) is 5.66. The first-order valence-corrected chi connectivity index (χ1v) is 10.3. The normalized spacial score (nSPS) is 14.4.